The molecule has 1 aliphatic rings. The smallest absolute Gasteiger partial charge is 0.291 e. The first-order valence-corrected chi connectivity index (χ1v) is 11.7. The number of hydrogen-bond acceptors (Lipinski definition) is 6. The number of rotatable bonds is 6. The van der Waals surface area contributed by atoms with Crippen LogP contribution >= 0.6 is 0 Å². The SMILES string of the molecule is CCC1(c2ccc(NC(=O)c3ccc(S(=O)(=O)NC(C)(C)C)o3)cc2)CCC(=O)NC1=O. The van der Waals surface area contributed by atoms with Gasteiger partial charge in [0.2, 0.25) is 16.9 Å². The lowest BCUT2D eigenvalue weighted by Crippen LogP contribution is -2.51. The summed E-state index contributed by atoms with van der Waals surface area (Å²) in [6.07, 6.45) is 1.22. The van der Waals surface area contributed by atoms with Crippen molar-refractivity contribution < 1.29 is 27.2 Å². The largest absolute Gasteiger partial charge is 0.438 e. The molecule has 1 aromatic heterocycles. The van der Waals surface area contributed by atoms with Crippen molar-refractivity contribution in [3.05, 3.63) is 47.7 Å². The molecule has 3 N–H and O–H groups in total. The van der Waals surface area contributed by atoms with Gasteiger partial charge in [-0.1, -0.05) is 19.1 Å². The van der Waals surface area contributed by atoms with Crippen LogP contribution in [0.2, 0.25) is 0 Å². The Kier molecular flexibility index (Phi) is 6.30. The fraction of sp³-hybridized carbons (Fsp3) is 0.409. The molecule has 1 saturated heterocycles. The van der Waals surface area contributed by atoms with Crippen molar-refractivity contribution in [3.63, 3.8) is 0 Å². The van der Waals surface area contributed by atoms with Crippen LogP contribution in [-0.2, 0) is 25.0 Å². The molecule has 32 heavy (non-hydrogen) atoms. The summed E-state index contributed by atoms with van der Waals surface area (Å²) in [4.78, 5) is 36.5. The Morgan fingerprint density at radius 1 is 1.12 bits per heavy atom. The van der Waals surface area contributed by atoms with Crippen LogP contribution in [0.5, 0.6) is 0 Å². The Labute approximate surface area is 187 Å². The predicted molar refractivity (Wildman–Crippen MR) is 118 cm³/mol. The van der Waals surface area contributed by atoms with Gasteiger partial charge < -0.3 is 9.73 Å². The Morgan fingerprint density at radius 3 is 2.34 bits per heavy atom. The Bertz CT molecular complexity index is 1150. The van der Waals surface area contributed by atoms with Crippen LogP contribution < -0.4 is 15.4 Å². The standard InChI is InChI=1S/C22H27N3O6S/c1-5-22(13-12-17(26)24-20(22)28)14-6-8-15(9-7-14)23-19(27)16-10-11-18(31-16)32(29,30)25-21(2,3)4/h6-11,25H,5,12-13H2,1-4H3,(H,23,27)(H,24,26,28). The van der Waals surface area contributed by atoms with Crippen molar-refractivity contribution >= 4 is 33.4 Å². The Hall–Kier alpha value is -2.98. The van der Waals surface area contributed by atoms with E-state index in [1.54, 1.807) is 45.0 Å². The number of furan rings is 1. The molecule has 9 nitrogen and oxygen atoms in total. The number of anilines is 1. The van der Waals surface area contributed by atoms with Gasteiger partial charge in [0, 0.05) is 17.6 Å². The van der Waals surface area contributed by atoms with E-state index in [4.69, 9.17) is 4.42 Å². The molecule has 1 fully saturated rings. The minimum atomic E-state index is -3.90. The van der Waals surface area contributed by atoms with E-state index in [1.165, 1.54) is 12.1 Å². The molecule has 1 aromatic carbocycles. The first kappa shape index (κ1) is 23.7. The highest BCUT2D eigenvalue weighted by Crippen LogP contribution is 2.36. The molecule has 0 bridgehead atoms. The molecule has 3 rings (SSSR count). The van der Waals surface area contributed by atoms with Crippen molar-refractivity contribution in [1.29, 1.82) is 0 Å². The van der Waals surface area contributed by atoms with Gasteiger partial charge in [0.25, 0.3) is 15.9 Å². The second-order valence-corrected chi connectivity index (χ2v) is 10.4. The van der Waals surface area contributed by atoms with Gasteiger partial charge in [-0.2, -0.15) is 0 Å². The van der Waals surface area contributed by atoms with Gasteiger partial charge in [-0.05, 0) is 63.4 Å². The zero-order valence-electron chi connectivity index (χ0n) is 18.4. The highest BCUT2D eigenvalue weighted by molar-refractivity contribution is 7.89. The summed E-state index contributed by atoms with van der Waals surface area (Å²) in [5.41, 5.74) is -0.289. The number of benzene rings is 1. The summed E-state index contributed by atoms with van der Waals surface area (Å²) in [6, 6.07) is 9.28. The molecule has 0 radical (unpaired) electrons. The topological polar surface area (TPSA) is 135 Å². The van der Waals surface area contributed by atoms with Crippen LogP contribution in [0.3, 0.4) is 0 Å². The van der Waals surface area contributed by atoms with Crippen molar-refractivity contribution in [2.75, 3.05) is 5.32 Å². The third kappa shape index (κ3) is 4.91. The minimum Gasteiger partial charge on any atom is -0.438 e. The average Bonchev–Trinajstić information content (AvgIpc) is 3.19. The molecule has 172 valence electrons. The number of sulfonamides is 1. The minimum absolute atomic E-state index is 0.154. The average molecular weight is 462 g/mol. The molecule has 1 aliphatic heterocycles. The van der Waals surface area contributed by atoms with Crippen molar-refractivity contribution in [3.8, 4) is 0 Å². The van der Waals surface area contributed by atoms with Crippen molar-refractivity contribution in [1.82, 2.24) is 10.0 Å². The second kappa shape index (κ2) is 8.51. The third-order valence-corrected chi connectivity index (χ3v) is 6.91. The summed E-state index contributed by atoms with van der Waals surface area (Å²) in [7, 11) is -3.90. The first-order chi connectivity index (χ1) is 14.9. The first-order valence-electron chi connectivity index (χ1n) is 10.3. The molecular weight excluding hydrogens is 434 g/mol. The maximum Gasteiger partial charge on any atom is 0.291 e. The van der Waals surface area contributed by atoms with Crippen molar-refractivity contribution in [2.24, 2.45) is 0 Å². The molecular formula is C22H27N3O6S. The number of nitrogens with one attached hydrogen (secondary N) is 3. The van der Waals surface area contributed by atoms with Crippen LogP contribution in [0.4, 0.5) is 5.69 Å². The van der Waals surface area contributed by atoms with E-state index in [-0.39, 0.29) is 29.1 Å². The fourth-order valence-corrected chi connectivity index (χ4v) is 5.02. The predicted octanol–water partition coefficient (Wildman–Crippen LogP) is 2.69. The molecule has 3 amide bonds. The summed E-state index contributed by atoms with van der Waals surface area (Å²) < 4.78 is 32.4. The van der Waals surface area contributed by atoms with E-state index in [0.717, 1.165) is 5.56 Å². The quantitative estimate of drug-likeness (QED) is 0.566. The monoisotopic (exact) mass is 461 g/mol. The molecule has 0 saturated carbocycles. The van der Waals surface area contributed by atoms with E-state index >= 15 is 0 Å². The van der Waals surface area contributed by atoms with Crippen LogP contribution in [0.1, 0.15) is 63.1 Å². The van der Waals surface area contributed by atoms with Gasteiger partial charge in [0.15, 0.2) is 5.76 Å². The van der Waals surface area contributed by atoms with Gasteiger partial charge in [0.1, 0.15) is 0 Å². The maximum absolute atomic E-state index is 12.5. The van der Waals surface area contributed by atoms with E-state index < -0.39 is 26.9 Å². The van der Waals surface area contributed by atoms with Crippen LogP contribution in [0.25, 0.3) is 0 Å². The van der Waals surface area contributed by atoms with E-state index in [0.29, 0.717) is 18.5 Å². The lowest BCUT2D eigenvalue weighted by Gasteiger charge is -2.35. The van der Waals surface area contributed by atoms with Crippen LogP contribution in [-0.4, -0.2) is 31.7 Å². The maximum atomic E-state index is 12.5. The molecule has 1 atom stereocenters. The summed E-state index contributed by atoms with van der Waals surface area (Å²) in [5.74, 6) is -1.36. The van der Waals surface area contributed by atoms with Gasteiger partial charge >= 0.3 is 0 Å². The molecule has 1 unspecified atom stereocenters. The molecule has 10 heteroatoms. The number of imide groups is 1. The number of amides is 3. The lowest BCUT2D eigenvalue weighted by atomic mass is 9.72. The second-order valence-electron chi connectivity index (χ2n) is 8.82. The molecule has 2 aromatic rings. The van der Waals surface area contributed by atoms with Gasteiger partial charge in [0.05, 0.1) is 5.41 Å². The zero-order valence-corrected chi connectivity index (χ0v) is 19.3. The van der Waals surface area contributed by atoms with E-state index in [1.807, 2.05) is 6.92 Å². The van der Waals surface area contributed by atoms with Crippen LogP contribution in [0, 0.1) is 0 Å². The number of carbonyl (C=O) groups is 3. The summed E-state index contributed by atoms with van der Waals surface area (Å²) in [6.45, 7) is 6.98. The van der Waals surface area contributed by atoms with E-state index in [9.17, 15) is 22.8 Å². The van der Waals surface area contributed by atoms with Gasteiger partial charge in [-0.15, -0.1) is 0 Å². The number of hydrogen-bond donors (Lipinski definition) is 3. The molecule has 0 spiro atoms. The summed E-state index contributed by atoms with van der Waals surface area (Å²) in [5, 5.41) is 4.70. The number of piperidine rings is 1. The van der Waals surface area contributed by atoms with Crippen LogP contribution in [0.15, 0.2) is 45.9 Å². The number of carbonyl (C=O) groups excluding carboxylic acids is 3. The summed E-state index contributed by atoms with van der Waals surface area (Å²) >= 11 is 0. The highest BCUT2D eigenvalue weighted by Gasteiger charge is 2.42. The Morgan fingerprint density at radius 2 is 1.78 bits per heavy atom. The Balaban J connectivity index is 1.74. The third-order valence-electron chi connectivity index (χ3n) is 5.28. The zero-order chi connectivity index (χ0) is 23.7. The van der Waals surface area contributed by atoms with E-state index in [2.05, 4.69) is 15.4 Å². The van der Waals surface area contributed by atoms with Gasteiger partial charge in [-0.25, -0.2) is 13.1 Å². The molecule has 0 aliphatic carbocycles. The van der Waals surface area contributed by atoms with Crippen molar-refractivity contribution in [2.45, 2.75) is 63.0 Å². The highest BCUT2D eigenvalue weighted by atomic mass is 32.2. The fourth-order valence-electron chi connectivity index (χ4n) is 3.67. The lowest BCUT2D eigenvalue weighted by molar-refractivity contribution is -0.138. The molecule has 2 heterocycles. The normalized spacial score (nSPS) is 19.5. The van der Waals surface area contributed by atoms with Gasteiger partial charge in [-0.3, -0.25) is 19.7 Å².